The van der Waals surface area contributed by atoms with E-state index in [1.807, 2.05) is 24.4 Å². The highest BCUT2D eigenvalue weighted by Gasteiger charge is 2.36. The van der Waals surface area contributed by atoms with E-state index in [2.05, 4.69) is 28.2 Å². The number of hydrogen-bond donors (Lipinski definition) is 0. The molecule has 2 fully saturated rings. The van der Waals surface area contributed by atoms with E-state index >= 15 is 0 Å². The summed E-state index contributed by atoms with van der Waals surface area (Å²) in [5.41, 5.74) is 1.98. The molecule has 0 radical (unpaired) electrons. The Bertz CT molecular complexity index is 758. The van der Waals surface area contributed by atoms with E-state index in [0.29, 0.717) is 6.04 Å². The summed E-state index contributed by atoms with van der Waals surface area (Å²) >= 11 is 0. The normalized spacial score (nSPS) is 23.9. The zero-order valence-electron chi connectivity index (χ0n) is 14.3. The number of amides is 1. The summed E-state index contributed by atoms with van der Waals surface area (Å²) in [6, 6.07) is 8.69. The molecule has 0 N–H and O–H groups in total. The first kappa shape index (κ1) is 15.5. The average molecular weight is 322 g/mol. The first-order valence-corrected chi connectivity index (χ1v) is 9.29. The quantitative estimate of drug-likeness (QED) is 0.757. The Balaban J connectivity index is 1.71. The van der Waals surface area contributed by atoms with Gasteiger partial charge in [-0.15, -0.1) is 6.58 Å². The van der Waals surface area contributed by atoms with Gasteiger partial charge in [-0.2, -0.15) is 0 Å². The molecule has 2 aromatic rings. The molecular formula is C21H26N2O. The van der Waals surface area contributed by atoms with E-state index < -0.39 is 0 Å². The van der Waals surface area contributed by atoms with Gasteiger partial charge in [-0.1, -0.05) is 37.1 Å². The van der Waals surface area contributed by atoms with E-state index in [1.165, 1.54) is 32.1 Å². The molecule has 0 spiro atoms. The van der Waals surface area contributed by atoms with Crippen molar-refractivity contribution in [2.24, 2.45) is 5.92 Å². The summed E-state index contributed by atoms with van der Waals surface area (Å²) in [4.78, 5) is 15.6. The summed E-state index contributed by atoms with van der Waals surface area (Å²) in [6.07, 6.45) is 11.4. The number of fused-ring (bicyclic) bond motifs is 2. The van der Waals surface area contributed by atoms with Crippen LogP contribution in [0.5, 0.6) is 0 Å². The first-order valence-electron chi connectivity index (χ1n) is 9.29. The highest BCUT2D eigenvalue weighted by atomic mass is 16.2. The van der Waals surface area contributed by atoms with Gasteiger partial charge < -0.3 is 9.47 Å². The van der Waals surface area contributed by atoms with Crippen molar-refractivity contribution in [1.82, 2.24) is 9.47 Å². The van der Waals surface area contributed by atoms with Gasteiger partial charge in [-0.25, -0.2) is 0 Å². The van der Waals surface area contributed by atoms with E-state index in [4.69, 9.17) is 0 Å². The molecule has 126 valence electrons. The van der Waals surface area contributed by atoms with Gasteiger partial charge in [0.25, 0.3) is 5.91 Å². The molecule has 1 saturated heterocycles. The van der Waals surface area contributed by atoms with Crippen molar-refractivity contribution in [1.29, 1.82) is 0 Å². The highest BCUT2D eigenvalue weighted by molar-refractivity contribution is 6.07. The molecule has 1 amide bonds. The summed E-state index contributed by atoms with van der Waals surface area (Å²) in [7, 11) is 0. The van der Waals surface area contributed by atoms with Crippen LogP contribution in [0.25, 0.3) is 10.9 Å². The Kier molecular flexibility index (Phi) is 4.17. The van der Waals surface area contributed by atoms with Gasteiger partial charge in [-0.3, -0.25) is 4.79 Å². The number of rotatable bonds is 3. The fourth-order valence-corrected chi connectivity index (χ4v) is 4.74. The standard InChI is InChI=1S/C21H26N2O/c1-2-13-22-15-18(17-10-4-6-12-20(17)22)21(24)23-14-7-9-16-8-3-5-11-19(16)23/h2,4,6,10,12,15-16,19H,1,3,5,7-9,11,13-14H2. The fraction of sp³-hybridized carbons (Fsp3) is 0.476. The number of aromatic nitrogens is 1. The zero-order chi connectivity index (χ0) is 16.5. The molecule has 1 saturated carbocycles. The minimum Gasteiger partial charge on any atom is -0.343 e. The molecular weight excluding hydrogens is 296 g/mol. The van der Waals surface area contributed by atoms with Crippen LogP contribution in [0.1, 0.15) is 48.9 Å². The second kappa shape index (κ2) is 6.46. The summed E-state index contributed by atoms with van der Waals surface area (Å²) in [6.45, 7) is 5.50. The lowest BCUT2D eigenvalue weighted by Crippen LogP contribution is -2.49. The summed E-state index contributed by atoms with van der Waals surface area (Å²) < 4.78 is 2.14. The zero-order valence-corrected chi connectivity index (χ0v) is 14.3. The smallest absolute Gasteiger partial charge is 0.256 e. The van der Waals surface area contributed by atoms with Crippen molar-refractivity contribution in [3.05, 3.63) is 48.7 Å². The SMILES string of the molecule is C=CCn1cc(C(=O)N2CCCC3CCCCC32)c2ccccc21. The molecule has 1 aromatic carbocycles. The minimum absolute atomic E-state index is 0.227. The van der Waals surface area contributed by atoms with Crippen LogP contribution in [0.4, 0.5) is 0 Å². The second-order valence-electron chi connectivity index (χ2n) is 7.25. The first-order chi connectivity index (χ1) is 11.8. The van der Waals surface area contributed by atoms with E-state index in [9.17, 15) is 4.79 Å². The molecule has 3 nitrogen and oxygen atoms in total. The van der Waals surface area contributed by atoms with Crippen molar-refractivity contribution in [3.8, 4) is 0 Å². The molecule has 2 heterocycles. The van der Waals surface area contributed by atoms with Crippen molar-refractivity contribution < 1.29 is 4.79 Å². The van der Waals surface area contributed by atoms with Crippen LogP contribution in [-0.4, -0.2) is 28.0 Å². The Morgan fingerprint density at radius 1 is 1.17 bits per heavy atom. The van der Waals surface area contributed by atoms with Crippen LogP contribution in [0, 0.1) is 5.92 Å². The molecule has 0 bridgehead atoms. The van der Waals surface area contributed by atoms with Gasteiger partial charge in [0.15, 0.2) is 0 Å². The lowest BCUT2D eigenvalue weighted by atomic mass is 9.78. The maximum absolute atomic E-state index is 13.4. The third-order valence-corrected chi connectivity index (χ3v) is 5.85. The predicted molar refractivity (Wildman–Crippen MR) is 98.2 cm³/mol. The molecule has 2 aliphatic rings. The molecule has 2 unspecified atom stereocenters. The number of likely N-dealkylation sites (tertiary alicyclic amines) is 1. The summed E-state index contributed by atoms with van der Waals surface area (Å²) in [5, 5.41) is 1.07. The highest BCUT2D eigenvalue weighted by Crippen LogP contribution is 2.36. The van der Waals surface area contributed by atoms with Crippen LogP contribution in [0.15, 0.2) is 43.1 Å². The van der Waals surface area contributed by atoms with Crippen LogP contribution >= 0.6 is 0 Å². The van der Waals surface area contributed by atoms with Crippen molar-refractivity contribution in [2.45, 2.75) is 51.1 Å². The van der Waals surface area contributed by atoms with Crippen LogP contribution in [0.2, 0.25) is 0 Å². The number of piperidine rings is 1. The Morgan fingerprint density at radius 2 is 1.96 bits per heavy atom. The minimum atomic E-state index is 0.227. The largest absolute Gasteiger partial charge is 0.343 e. The maximum atomic E-state index is 13.4. The number of allylic oxidation sites excluding steroid dienone is 1. The third kappa shape index (κ3) is 2.56. The van der Waals surface area contributed by atoms with E-state index in [0.717, 1.165) is 41.9 Å². The molecule has 1 aromatic heterocycles. The number of carbonyl (C=O) groups excluding carboxylic acids is 1. The van der Waals surface area contributed by atoms with Crippen LogP contribution in [-0.2, 0) is 6.54 Å². The molecule has 4 rings (SSSR count). The predicted octanol–water partition coefficient (Wildman–Crippen LogP) is 4.62. The fourth-order valence-electron chi connectivity index (χ4n) is 4.74. The van der Waals surface area contributed by atoms with Crippen molar-refractivity contribution >= 4 is 16.8 Å². The monoisotopic (exact) mass is 322 g/mol. The maximum Gasteiger partial charge on any atom is 0.256 e. The van der Waals surface area contributed by atoms with Gasteiger partial charge in [0, 0.05) is 36.2 Å². The number of benzene rings is 1. The number of carbonyl (C=O) groups is 1. The van der Waals surface area contributed by atoms with Gasteiger partial charge >= 0.3 is 0 Å². The third-order valence-electron chi connectivity index (χ3n) is 5.85. The average Bonchev–Trinajstić information content (AvgIpc) is 3.00. The molecule has 24 heavy (non-hydrogen) atoms. The van der Waals surface area contributed by atoms with E-state index in [-0.39, 0.29) is 5.91 Å². The number of nitrogens with zero attached hydrogens (tertiary/aromatic N) is 2. The Hall–Kier alpha value is -2.03. The topological polar surface area (TPSA) is 25.2 Å². The van der Waals surface area contributed by atoms with Gasteiger partial charge in [0.2, 0.25) is 0 Å². The van der Waals surface area contributed by atoms with Crippen LogP contribution < -0.4 is 0 Å². The van der Waals surface area contributed by atoms with Gasteiger partial charge in [0.05, 0.1) is 5.56 Å². The Labute approximate surface area is 143 Å². The van der Waals surface area contributed by atoms with E-state index in [1.54, 1.807) is 0 Å². The van der Waals surface area contributed by atoms with Gasteiger partial charge in [0.1, 0.15) is 0 Å². The Morgan fingerprint density at radius 3 is 2.83 bits per heavy atom. The second-order valence-corrected chi connectivity index (χ2v) is 7.25. The molecule has 1 aliphatic carbocycles. The van der Waals surface area contributed by atoms with Crippen molar-refractivity contribution in [3.63, 3.8) is 0 Å². The summed E-state index contributed by atoms with van der Waals surface area (Å²) in [5.74, 6) is 0.948. The van der Waals surface area contributed by atoms with Crippen molar-refractivity contribution in [2.75, 3.05) is 6.54 Å². The number of hydrogen-bond acceptors (Lipinski definition) is 1. The lowest BCUT2D eigenvalue weighted by Gasteiger charge is -2.44. The van der Waals surface area contributed by atoms with Gasteiger partial charge in [-0.05, 0) is 37.7 Å². The number of para-hydroxylation sites is 1. The molecule has 1 aliphatic heterocycles. The molecule has 2 atom stereocenters. The lowest BCUT2D eigenvalue weighted by molar-refractivity contribution is 0.0392. The molecule has 3 heteroatoms. The van der Waals surface area contributed by atoms with Crippen LogP contribution in [0.3, 0.4) is 0 Å².